The third kappa shape index (κ3) is 3.48. The molecule has 110 valence electrons. The van der Waals surface area contributed by atoms with Gasteiger partial charge in [0.15, 0.2) is 0 Å². The van der Waals surface area contributed by atoms with Crippen LogP contribution in [0.1, 0.15) is 24.2 Å². The van der Waals surface area contributed by atoms with Gasteiger partial charge in [-0.3, -0.25) is 10.1 Å². The van der Waals surface area contributed by atoms with E-state index in [9.17, 15) is 15.2 Å². The first kappa shape index (κ1) is 15.2. The van der Waals surface area contributed by atoms with Crippen LogP contribution in [0.2, 0.25) is 5.15 Å². The highest BCUT2D eigenvalue weighted by Crippen LogP contribution is 2.31. The molecule has 1 aromatic heterocycles. The number of aliphatic hydroxyl groups is 1. The summed E-state index contributed by atoms with van der Waals surface area (Å²) in [6.07, 6.45) is -0.570. The highest BCUT2D eigenvalue weighted by Gasteiger charge is 2.20. The van der Waals surface area contributed by atoms with Crippen LogP contribution in [0.4, 0.5) is 17.2 Å². The average Bonchev–Trinajstić information content (AvgIpc) is 2.37. The minimum Gasteiger partial charge on any atom is -0.389 e. The van der Waals surface area contributed by atoms with Crippen molar-refractivity contribution in [1.82, 2.24) is 4.98 Å². The van der Waals surface area contributed by atoms with Crippen molar-refractivity contribution in [3.05, 3.63) is 56.7 Å². The number of pyridine rings is 1. The van der Waals surface area contributed by atoms with Crippen LogP contribution in [-0.2, 0) is 0 Å². The van der Waals surface area contributed by atoms with Crippen molar-refractivity contribution in [3.8, 4) is 0 Å². The summed E-state index contributed by atoms with van der Waals surface area (Å²) in [5, 5.41) is 23.7. The predicted octanol–water partition coefficient (Wildman–Crippen LogP) is 3.75. The molecule has 0 fully saturated rings. The molecule has 1 atom stereocenters. The van der Waals surface area contributed by atoms with Gasteiger partial charge in [0.1, 0.15) is 5.15 Å². The Morgan fingerprint density at radius 3 is 2.52 bits per heavy atom. The van der Waals surface area contributed by atoms with Crippen molar-refractivity contribution in [3.63, 3.8) is 0 Å². The summed E-state index contributed by atoms with van der Waals surface area (Å²) in [7, 11) is 0. The van der Waals surface area contributed by atoms with Crippen LogP contribution in [0.25, 0.3) is 0 Å². The number of anilines is 2. The molecule has 1 aromatic carbocycles. The average molecular weight is 308 g/mol. The fourth-order valence-corrected chi connectivity index (χ4v) is 2.17. The molecule has 2 aromatic rings. The molecule has 7 heteroatoms. The Kier molecular flexibility index (Phi) is 4.40. The lowest BCUT2D eigenvalue weighted by atomic mass is 10.1. The first-order valence-electron chi connectivity index (χ1n) is 6.25. The molecule has 0 aliphatic heterocycles. The molecule has 0 aliphatic rings. The Morgan fingerprint density at radius 2 is 2.00 bits per heavy atom. The summed E-state index contributed by atoms with van der Waals surface area (Å²) < 4.78 is 0. The van der Waals surface area contributed by atoms with Crippen LogP contribution in [0.3, 0.4) is 0 Å². The van der Waals surface area contributed by atoms with Gasteiger partial charge in [-0.2, -0.15) is 0 Å². The number of aryl methyl sites for hydroxylation is 1. The number of nitro groups is 1. The number of nitrogens with one attached hydrogen (secondary N) is 1. The molecule has 2 N–H and O–H groups in total. The van der Waals surface area contributed by atoms with Gasteiger partial charge in [0.05, 0.1) is 11.0 Å². The molecule has 1 heterocycles. The minimum absolute atomic E-state index is 0.0924. The topological polar surface area (TPSA) is 88.3 Å². The third-order valence-electron chi connectivity index (χ3n) is 2.99. The summed E-state index contributed by atoms with van der Waals surface area (Å²) in [4.78, 5) is 14.6. The van der Waals surface area contributed by atoms with Gasteiger partial charge in [-0.25, -0.2) is 4.98 Å². The fraction of sp³-hybridized carbons (Fsp3) is 0.214. The number of hydrogen-bond donors (Lipinski definition) is 2. The summed E-state index contributed by atoms with van der Waals surface area (Å²) in [6, 6.07) is 8.33. The van der Waals surface area contributed by atoms with Crippen molar-refractivity contribution in [2.24, 2.45) is 0 Å². The molecule has 6 nitrogen and oxygen atoms in total. The molecule has 0 aliphatic carbocycles. The third-order valence-corrected chi connectivity index (χ3v) is 3.18. The van der Waals surface area contributed by atoms with Crippen LogP contribution < -0.4 is 5.32 Å². The number of rotatable bonds is 4. The van der Waals surface area contributed by atoms with E-state index in [1.807, 2.05) is 0 Å². The zero-order valence-corrected chi connectivity index (χ0v) is 12.3. The minimum atomic E-state index is -0.570. The molecular weight excluding hydrogens is 294 g/mol. The fourth-order valence-electron chi connectivity index (χ4n) is 1.93. The summed E-state index contributed by atoms with van der Waals surface area (Å²) in [6.45, 7) is 3.27. The van der Waals surface area contributed by atoms with Gasteiger partial charge in [-0.15, -0.1) is 0 Å². The normalized spacial score (nSPS) is 12.0. The van der Waals surface area contributed by atoms with Crippen molar-refractivity contribution in [2.45, 2.75) is 20.0 Å². The van der Waals surface area contributed by atoms with E-state index in [-0.39, 0.29) is 16.7 Å². The van der Waals surface area contributed by atoms with Crippen LogP contribution >= 0.6 is 11.6 Å². The van der Waals surface area contributed by atoms with Crippen molar-refractivity contribution < 1.29 is 10.0 Å². The molecule has 21 heavy (non-hydrogen) atoms. The Labute approximate surface area is 126 Å². The van der Waals surface area contributed by atoms with Gasteiger partial charge in [0, 0.05) is 11.3 Å². The molecule has 0 amide bonds. The number of halogens is 1. The highest BCUT2D eigenvalue weighted by molar-refractivity contribution is 6.29. The van der Waals surface area contributed by atoms with Gasteiger partial charge in [-0.05, 0) is 37.6 Å². The molecule has 2 rings (SSSR count). The number of hydrogen-bond acceptors (Lipinski definition) is 5. The number of benzene rings is 1. The van der Waals surface area contributed by atoms with E-state index in [0.29, 0.717) is 11.3 Å². The largest absolute Gasteiger partial charge is 0.389 e. The first-order chi connectivity index (χ1) is 9.88. The number of aromatic nitrogens is 1. The lowest BCUT2D eigenvalue weighted by molar-refractivity contribution is -0.384. The van der Waals surface area contributed by atoms with Gasteiger partial charge in [-0.1, -0.05) is 23.7 Å². The van der Waals surface area contributed by atoms with Crippen LogP contribution in [0.15, 0.2) is 30.3 Å². The lowest BCUT2D eigenvalue weighted by Gasteiger charge is -2.10. The Balaban J connectivity index is 2.37. The molecular formula is C14H14ClN3O3. The second-order valence-corrected chi connectivity index (χ2v) is 5.03. The van der Waals surface area contributed by atoms with Gasteiger partial charge >= 0.3 is 5.69 Å². The van der Waals surface area contributed by atoms with Crippen LogP contribution in [0, 0.1) is 17.0 Å². The standard InChI is InChI=1S/C14H14ClN3O3/c1-8-7-12(15)17-14(13(8)18(20)21)16-11-5-3-10(4-6-11)9(2)19/h3-7,9,19H,1-2H3,(H,16,17). The molecule has 1 unspecified atom stereocenters. The quantitative estimate of drug-likeness (QED) is 0.510. The summed E-state index contributed by atoms with van der Waals surface area (Å²) in [5.74, 6) is 0.0924. The van der Waals surface area contributed by atoms with E-state index < -0.39 is 11.0 Å². The van der Waals surface area contributed by atoms with E-state index in [1.54, 1.807) is 38.1 Å². The molecule has 0 bridgehead atoms. The van der Waals surface area contributed by atoms with Crippen LogP contribution in [-0.4, -0.2) is 15.0 Å². The smallest absolute Gasteiger partial charge is 0.314 e. The van der Waals surface area contributed by atoms with E-state index >= 15 is 0 Å². The maximum atomic E-state index is 11.1. The second-order valence-electron chi connectivity index (χ2n) is 4.64. The van der Waals surface area contributed by atoms with Crippen molar-refractivity contribution in [1.29, 1.82) is 0 Å². The van der Waals surface area contributed by atoms with E-state index in [2.05, 4.69) is 10.3 Å². The Morgan fingerprint density at radius 1 is 1.38 bits per heavy atom. The summed E-state index contributed by atoms with van der Waals surface area (Å²) >= 11 is 5.85. The van der Waals surface area contributed by atoms with Crippen molar-refractivity contribution in [2.75, 3.05) is 5.32 Å². The Hall–Kier alpha value is -2.18. The van der Waals surface area contributed by atoms with Crippen molar-refractivity contribution >= 4 is 28.8 Å². The summed E-state index contributed by atoms with van der Waals surface area (Å²) in [5.41, 5.74) is 1.70. The predicted molar refractivity (Wildman–Crippen MR) is 81.0 cm³/mol. The zero-order chi connectivity index (χ0) is 15.6. The molecule has 0 saturated heterocycles. The number of nitrogens with zero attached hydrogens (tertiary/aromatic N) is 2. The van der Waals surface area contributed by atoms with E-state index in [0.717, 1.165) is 5.56 Å². The zero-order valence-electron chi connectivity index (χ0n) is 11.5. The SMILES string of the molecule is Cc1cc(Cl)nc(Nc2ccc(C(C)O)cc2)c1[N+](=O)[O-]. The van der Waals surface area contributed by atoms with Gasteiger partial charge in [0.2, 0.25) is 5.82 Å². The van der Waals surface area contributed by atoms with Crippen LogP contribution in [0.5, 0.6) is 0 Å². The maximum absolute atomic E-state index is 11.1. The molecule has 0 spiro atoms. The molecule has 0 radical (unpaired) electrons. The Bertz CT molecular complexity index is 672. The van der Waals surface area contributed by atoms with Gasteiger partial charge < -0.3 is 10.4 Å². The first-order valence-corrected chi connectivity index (χ1v) is 6.63. The second kappa shape index (κ2) is 6.07. The lowest BCUT2D eigenvalue weighted by Crippen LogP contribution is -2.02. The molecule has 0 saturated carbocycles. The number of aliphatic hydroxyl groups excluding tert-OH is 1. The monoisotopic (exact) mass is 307 g/mol. The maximum Gasteiger partial charge on any atom is 0.314 e. The van der Waals surface area contributed by atoms with E-state index in [4.69, 9.17) is 11.6 Å². The van der Waals surface area contributed by atoms with E-state index in [1.165, 1.54) is 6.07 Å². The van der Waals surface area contributed by atoms with Gasteiger partial charge in [0.25, 0.3) is 0 Å². The highest BCUT2D eigenvalue weighted by atomic mass is 35.5.